The van der Waals surface area contributed by atoms with Crippen molar-refractivity contribution in [1.82, 2.24) is 20.0 Å². The van der Waals surface area contributed by atoms with E-state index in [9.17, 15) is 4.79 Å². The highest BCUT2D eigenvalue weighted by molar-refractivity contribution is 5.66. The third-order valence-electron chi connectivity index (χ3n) is 2.75. The summed E-state index contributed by atoms with van der Waals surface area (Å²) < 4.78 is 1.73. The smallest absolute Gasteiger partial charge is 0.303 e. The molecule has 0 spiro atoms. The van der Waals surface area contributed by atoms with Gasteiger partial charge in [0.2, 0.25) is 0 Å². The third kappa shape index (κ3) is 3.53. The Morgan fingerprint density at radius 3 is 2.70 bits per heavy atom. The van der Waals surface area contributed by atoms with Gasteiger partial charge in [-0.3, -0.25) is 4.79 Å². The van der Waals surface area contributed by atoms with Gasteiger partial charge in [-0.2, -0.15) is 5.10 Å². The van der Waals surface area contributed by atoms with Gasteiger partial charge in [0.25, 0.3) is 0 Å². The molecule has 0 aliphatic carbocycles. The number of rotatable bonds is 6. The second-order valence-electron chi connectivity index (χ2n) is 4.54. The van der Waals surface area contributed by atoms with Crippen LogP contribution in [0.4, 0.5) is 5.82 Å². The summed E-state index contributed by atoms with van der Waals surface area (Å²) in [6, 6.07) is 5.60. The highest BCUT2D eigenvalue weighted by Crippen LogP contribution is 2.10. The average molecular weight is 275 g/mol. The lowest BCUT2D eigenvalue weighted by Gasteiger charge is -2.05. The van der Waals surface area contributed by atoms with Gasteiger partial charge in [-0.05, 0) is 38.5 Å². The molecule has 0 aliphatic rings. The topological polar surface area (TPSA) is 92.9 Å². The molecule has 0 fully saturated rings. The minimum atomic E-state index is -0.794. The van der Waals surface area contributed by atoms with Crippen molar-refractivity contribution < 1.29 is 9.90 Å². The molecule has 0 amide bonds. The highest BCUT2D eigenvalue weighted by Gasteiger charge is 2.05. The molecule has 0 aliphatic heterocycles. The molecule has 2 rings (SSSR count). The van der Waals surface area contributed by atoms with Crippen LogP contribution < -0.4 is 5.32 Å². The lowest BCUT2D eigenvalue weighted by atomic mass is 10.3. The Bertz CT molecular complexity index is 591. The van der Waals surface area contributed by atoms with Gasteiger partial charge >= 0.3 is 5.97 Å². The maximum Gasteiger partial charge on any atom is 0.303 e. The van der Waals surface area contributed by atoms with Gasteiger partial charge in [0.15, 0.2) is 5.82 Å². The summed E-state index contributed by atoms with van der Waals surface area (Å²) in [5.74, 6) is 0.491. The van der Waals surface area contributed by atoms with Gasteiger partial charge < -0.3 is 10.4 Å². The maximum absolute atomic E-state index is 10.4. The van der Waals surface area contributed by atoms with E-state index in [1.165, 1.54) is 0 Å². The number of carbonyl (C=O) groups is 1. The van der Waals surface area contributed by atoms with Crippen LogP contribution in [0.25, 0.3) is 5.82 Å². The quantitative estimate of drug-likeness (QED) is 0.777. The van der Waals surface area contributed by atoms with Gasteiger partial charge in [-0.25, -0.2) is 4.68 Å². The summed E-state index contributed by atoms with van der Waals surface area (Å²) in [5, 5.41) is 24.1. The van der Waals surface area contributed by atoms with E-state index in [-0.39, 0.29) is 6.42 Å². The summed E-state index contributed by atoms with van der Waals surface area (Å²) in [6.45, 7) is 4.44. The summed E-state index contributed by atoms with van der Waals surface area (Å²) in [4.78, 5) is 10.4. The molecule has 0 saturated carbocycles. The van der Waals surface area contributed by atoms with Crippen molar-refractivity contribution >= 4 is 11.8 Å². The van der Waals surface area contributed by atoms with Crippen LogP contribution in [-0.4, -0.2) is 37.6 Å². The van der Waals surface area contributed by atoms with Crippen LogP contribution in [0.5, 0.6) is 0 Å². The molecular weight excluding hydrogens is 258 g/mol. The first-order valence-corrected chi connectivity index (χ1v) is 6.39. The molecule has 0 radical (unpaired) electrons. The molecule has 2 heterocycles. The van der Waals surface area contributed by atoms with Gasteiger partial charge in [0.1, 0.15) is 5.82 Å². The Balaban J connectivity index is 1.96. The Hall–Kier alpha value is -2.44. The molecule has 106 valence electrons. The molecule has 0 atom stereocenters. The van der Waals surface area contributed by atoms with E-state index in [4.69, 9.17) is 5.11 Å². The average Bonchev–Trinajstić information content (AvgIpc) is 2.74. The van der Waals surface area contributed by atoms with Crippen LogP contribution in [0, 0.1) is 13.8 Å². The standard InChI is InChI=1S/C13H17N5O2/c1-9-8-10(2)18(17-9)12-6-5-11(15-16-12)14-7-3-4-13(19)20/h5-6,8H,3-4,7H2,1-2H3,(H,14,15)(H,19,20). The van der Waals surface area contributed by atoms with Crippen LogP contribution in [-0.2, 0) is 4.79 Å². The van der Waals surface area contributed by atoms with E-state index >= 15 is 0 Å². The number of aromatic nitrogens is 4. The molecule has 20 heavy (non-hydrogen) atoms. The molecule has 7 nitrogen and oxygen atoms in total. The van der Waals surface area contributed by atoms with Gasteiger partial charge in [0.05, 0.1) is 5.69 Å². The monoisotopic (exact) mass is 275 g/mol. The fraction of sp³-hybridized carbons (Fsp3) is 0.385. The minimum absolute atomic E-state index is 0.143. The maximum atomic E-state index is 10.4. The normalized spacial score (nSPS) is 10.5. The number of aryl methyl sites for hydroxylation is 2. The molecule has 0 aromatic carbocycles. The van der Waals surface area contributed by atoms with E-state index in [1.54, 1.807) is 10.7 Å². The van der Waals surface area contributed by atoms with E-state index < -0.39 is 5.97 Å². The highest BCUT2D eigenvalue weighted by atomic mass is 16.4. The van der Waals surface area contributed by atoms with Gasteiger partial charge in [-0.1, -0.05) is 0 Å². The second-order valence-corrected chi connectivity index (χ2v) is 4.54. The number of carboxylic acids is 1. The minimum Gasteiger partial charge on any atom is -0.481 e. The van der Waals surface area contributed by atoms with Crippen LogP contribution in [0.2, 0.25) is 0 Å². The summed E-state index contributed by atoms with van der Waals surface area (Å²) in [7, 11) is 0. The zero-order valence-electron chi connectivity index (χ0n) is 11.5. The first-order chi connectivity index (χ1) is 9.56. The van der Waals surface area contributed by atoms with Crippen molar-refractivity contribution in [3.05, 3.63) is 29.6 Å². The Kier molecular flexibility index (Phi) is 4.29. The lowest BCUT2D eigenvalue weighted by Crippen LogP contribution is -2.08. The van der Waals surface area contributed by atoms with Crippen molar-refractivity contribution in [1.29, 1.82) is 0 Å². The number of hydrogen-bond donors (Lipinski definition) is 2. The zero-order chi connectivity index (χ0) is 14.5. The Morgan fingerprint density at radius 2 is 2.15 bits per heavy atom. The van der Waals surface area contributed by atoms with Crippen LogP contribution >= 0.6 is 0 Å². The zero-order valence-corrected chi connectivity index (χ0v) is 11.5. The summed E-state index contributed by atoms with van der Waals surface area (Å²) in [6.07, 6.45) is 0.695. The van der Waals surface area contributed by atoms with E-state index in [1.807, 2.05) is 26.0 Å². The molecule has 2 aromatic heterocycles. The fourth-order valence-corrected chi connectivity index (χ4v) is 1.85. The Morgan fingerprint density at radius 1 is 1.35 bits per heavy atom. The molecule has 0 bridgehead atoms. The van der Waals surface area contributed by atoms with Crippen LogP contribution in [0.15, 0.2) is 18.2 Å². The molecule has 0 saturated heterocycles. The Labute approximate surface area is 116 Å². The number of aliphatic carboxylic acids is 1. The predicted molar refractivity (Wildman–Crippen MR) is 74.0 cm³/mol. The SMILES string of the molecule is Cc1cc(C)n(-c2ccc(NCCCC(=O)O)nn2)n1. The first-order valence-electron chi connectivity index (χ1n) is 6.39. The second kappa shape index (κ2) is 6.14. The van der Waals surface area contributed by atoms with Crippen molar-refractivity contribution in [2.45, 2.75) is 26.7 Å². The number of nitrogens with zero attached hydrogens (tertiary/aromatic N) is 4. The third-order valence-corrected chi connectivity index (χ3v) is 2.75. The lowest BCUT2D eigenvalue weighted by molar-refractivity contribution is -0.137. The fourth-order valence-electron chi connectivity index (χ4n) is 1.85. The molecule has 7 heteroatoms. The first kappa shape index (κ1) is 14.0. The van der Waals surface area contributed by atoms with E-state index in [2.05, 4.69) is 20.6 Å². The largest absolute Gasteiger partial charge is 0.481 e. The van der Waals surface area contributed by atoms with Crippen molar-refractivity contribution in [2.24, 2.45) is 0 Å². The molecule has 2 aromatic rings. The summed E-state index contributed by atoms with van der Waals surface area (Å²) in [5.41, 5.74) is 1.93. The number of carboxylic acid groups (broad SMARTS) is 1. The van der Waals surface area contributed by atoms with Gasteiger partial charge in [-0.15, -0.1) is 10.2 Å². The van der Waals surface area contributed by atoms with Crippen molar-refractivity contribution in [3.63, 3.8) is 0 Å². The summed E-state index contributed by atoms with van der Waals surface area (Å²) >= 11 is 0. The van der Waals surface area contributed by atoms with E-state index in [0.29, 0.717) is 24.6 Å². The number of nitrogens with one attached hydrogen (secondary N) is 1. The van der Waals surface area contributed by atoms with Crippen molar-refractivity contribution in [3.8, 4) is 5.82 Å². The van der Waals surface area contributed by atoms with Crippen LogP contribution in [0.3, 0.4) is 0 Å². The van der Waals surface area contributed by atoms with Gasteiger partial charge in [0, 0.05) is 18.7 Å². The molecule has 0 unspecified atom stereocenters. The molecule has 2 N–H and O–H groups in total. The number of anilines is 1. The molecular formula is C13H17N5O2. The van der Waals surface area contributed by atoms with Crippen molar-refractivity contribution in [2.75, 3.05) is 11.9 Å². The predicted octanol–water partition coefficient (Wildman–Crippen LogP) is 1.56. The number of hydrogen-bond acceptors (Lipinski definition) is 5. The van der Waals surface area contributed by atoms with Crippen LogP contribution in [0.1, 0.15) is 24.2 Å². The van der Waals surface area contributed by atoms with E-state index in [0.717, 1.165) is 11.4 Å².